The highest BCUT2D eigenvalue weighted by atomic mass is 16.3. The van der Waals surface area contributed by atoms with Crippen LogP contribution >= 0.6 is 0 Å². The summed E-state index contributed by atoms with van der Waals surface area (Å²) < 4.78 is 0. The van der Waals surface area contributed by atoms with Crippen LogP contribution in [0.2, 0.25) is 0 Å². The number of hydrogen-bond donors (Lipinski definition) is 2. The first-order valence-electron chi connectivity index (χ1n) is 6.68. The molecule has 0 bridgehead atoms. The lowest BCUT2D eigenvalue weighted by atomic mass is 9.88. The minimum atomic E-state index is -0.653. The van der Waals surface area contributed by atoms with Crippen molar-refractivity contribution in [2.24, 2.45) is 11.8 Å². The lowest BCUT2D eigenvalue weighted by Crippen LogP contribution is -2.40. The molecule has 3 rings (SSSR count). The van der Waals surface area contributed by atoms with Crippen LogP contribution < -0.4 is 0 Å². The maximum absolute atomic E-state index is 12.4. The van der Waals surface area contributed by atoms with Gasteiger partial charge in [-0.15, -0.1) is 0 Å². The minimum Gasteiger partial charge on any atom is -0.387 e. The summed E-state index contributed by atoms with van der Waals surface area (Å²) in [5.41, 5.74) is 0.969. The van der Waals surface area contributed by atoms with Crippen molar-refractivity contribution in [3.05, 3.63) is 23.5 Å². The summed E-state index contributed by atoms with van der Waals surface area (Å²) >= 11 is 0. The van der Waals surface area contributed by atoms with E-state index < -0.39 is 5.60 Å². The van der Waals surface area contributed by atoms with Crippen molar-refractivity contribution in [3.8, 4) is 0 Å². The zero-order valence-corrected chi connectivity index (χ0v) is 10.9. The fourth-order valence-electron chi connectivity index (χ4n) is 3.14. The molecule has 1 saturated heterocycles. The number of aliphatic hydroxyl groups is 1. The Morgan fingerprint density at radius 1 is 1.56 bits per heavy atom. The lowest BCUT2D eigenvalue weighted by molar-refractivity contribution is -0.00364. The topological polar surface area (TPSA) is 56.3 Å². The van der Waals surface area contributed by atoms with Crippen molar-refractivity contribution in [2.45, 2.75) is 32.3 Å². The Bertz CT molecular complexity index is 478. The summed E-state index contributed by atoms with van der Waals surface area (Å²) in [6.07, 6.45) is 3.99. The molecule has 2 N–H and O–H groups in total. The fourth-order valence-corrected chi connectivity index (χ4v) is 3.14. The molecule has 0 aromatic carbocycles. The standard InChI is InChI=1S/C14H20N2O2/c1-9-7-16(8-14(9,18)11-3-4-11)13(17)12-5-6-15-10(12)2/h5-6,9,11,15,18H,3-4,7-8H2,1-2H3/t9-,14+/m1/s1. The zero-order chi connectivity index (χ0) is 12.9. The highest BCUT2D eigenvalue weighted by Gasteiger charge is 2.53. The van der Waals surface area contributed by atoms with E-state index in [0.717, 1.165) is 24.1 Å². The van der Waals surface area contributed by atoms with Gasteiger partial charge in [-0.25, -0.2) is 0 Å². The van der Waals surface area contributed by atoms with E-state index >= 15 is 0 Å². The Balaban J connectivity index is 1.79. The summed E-state index contributed by atoms with van der Waals surface area (Å²) in [6.45, 7) is 5.11. The smallest absolute Gasteiger partial charge is 0.255 e. The molecule has 2 atom stereocenters. The van der Waals surface area contributed by atoms with Crippen molar-refractivity contribution >= 4 is 5.91 Å². The van der Waals surface area contributed by atoms with Gasteiger partial charge in [0.25, 0.3) is 5.91 Å². The van der Waals surface area contributed by atoms with Crippen molar-refractivity contribution < 1.29 is 9.90 Å². The lowest BCUT2D eigenvalue weighted by Gasteiger charge is -2.26. The molecule has 1 aromatic heterocycles. The Kier molecular flexibility index (Phi) is 2.52. The number of nitrogens with zero attached hydrogens (tertiary/aromatic N) is 1. The van der Waals surface area contributed by atoms with Gasteiger partial charge in [0.15, 0.2) is 0 Å². The van der Waals surface area contributed by atoms with Crippen LogP contribution in [0.25, 0.3) is 0 Å². The van der Waals surface area contributed by atoms with Gasteiger partial charge in [-0.05, 0) is 31.7 Å². The second-order valence-corrected chi connectivity index (χ2v) is 5.87. The van der Waals surface area contributed by atoms with Gasteiger partial charge in [-0.1, -0.05) is 6.92 Å². The molecule has 0 unspecified atom stereocenters. The highest BCUT2D eigenvalue weighted by Crippen LogP contribution is 2.47. The fraction of sp³-hybridized carbons (Fsp3) is 0.643. The summed E-state index contributed by atoms with van der Waals surface area (Å²) in [5, 5.41) is 10.7. The number of amides is 1. The summed E-state index contributed by atoms with van der Waals surface area (Å²) in [7, 11) is 0. The van der Waals surface area contributed by atoms with Crippen LogP contribution in [0.4, 0.5) is 0 Å². The summed E-state index contributed by atoms with van der Waals surface area (Å²) in [6, 6.07) is 1.82. The van der Waals surface area contributed by atoms with Gasteiger partial charge < -0.3 is 15.0 Å². The average Bonchev–Trinajstić information content (AvgIpc) is 3.04. The number of aryl methyl sites for hydroxylation is 1. The maximum Gasteiger partial charge on any atom is 0.255 e. The van der Waals surface area contributed by atoms with E-state index in [-0.39, 0.29) is 11.8 Å². The van der Waals surface area contributed by atoms with Crippen LogP contribution in [-0.2, 0) is 0 Å². The van der Waals surface area contributed by atoms with E-state index in [1.165, 1.54) is 0 Å². The van der Waals surface area contributed by atoms with Crippen LogP contribution in [0.5, 0.6) is 0 Å². The summed E-state index contributed by atoms with van der Waals surface area (Å²) in [5.74, 6) is 0.614. The predicted molar refractivity (Wildman–Crippen MR) is 68.3 cm³/mol. The average molecular weight is 248 g/mol. The number of hydrogen-bond acceptors (Lipinski definition) is 2. The third kappa shape index (κ3) is 1.67. The van der Waals surface area contributed by atoms with Crippen molar-refractivity contribution in [3.63, 3.8) is 0 Å². The number of aromatic amines is 1. The quantitative estimate of drug-likeness (QED) is 0.834. The molecule has 98 valence electrons. The van der Waals surface area contributed by atoms with E-state index in [2.05, 4.69) is 11.9 Å². The Hall–Kier alpha value is -1.29. The number of carbonyl (C=O) groups is 1. The van der Waals surface area contributed by atoms with Gasteiger partial charge in [0.1, 0.15) is 0 Å². The molecule has 1 amide bonds. The third-order valence-electron chi connectivity index (χ3n) is 4.55. The van der Waals surface area contributed by atoms with Crippen molar-refractivity contribution in [1.29, 1.82) is 0 Å². The van der Waals surface area contributed by atoms with E-state index in [1.807, 2.05) is 13.0 Å². The monoisotopic (exact) mass is 248 g/mol. The summed E-state index contributed by atoms with van der Waals surface area (Å²) in [4.78, 5) is 17.2. The first kappa shape index (κ1) is 11.8. The Morgan fingerprint density at radius 3 is 2.83 bits per heavy atom. The number of nitrogens with one attached hydrogen (secondary N) is 1. The zero-order valence-electron chi connectivity index (χ0n) is 10.9. The molecule has 0 radical (unpaired) electrons. The van der Waals surface area contributed by atoms with Gasteiger partial charge in [-0.3, -0.25) is 4.79 Å². The van der Waals surface area contributed by atoms with Crippen LogP contribution in [0.3, 0.4) is 0 Å². The second-order valence-electron chi connectivity index (χ2n) is 5.87. The molecule has 2 heterocycles. The Labute approximate surface area is 107 Å². The predicted octanol–water partition coefficient (Wildman–Crippen LogP) is 1.56. The largest absolute Gasteiger partial charge is 0.387 e. The number of β-amino-alcohol motifs (C(OH)–C–C–N with tert-alkyl or cyclic N) is 1. The van der Waals surface area contributed by atoms with Crippen LogP contribution in [-0.4, -0.2) is 39.6 Å². The van der Waals surface area contributed by atoms with Gasteiger partial charge in [-0.2, -0.15) is 0 Å². The number of H-pyrrole nitrogens is 1. The Morgan fingerprint density at radius 2 is 2.28 bits per heavy atom. The van der Waals surface area contributed by atoms with Crippen LogP contribution in [0.15, 0.2) is 12.3 Å². The van der Waals surface area contributed by atoms with Gasteiger partial charge in [0, 0.05) is 24.4 Å². The van der Waals surface area contributed by atoms with E-state index in [9.17, 15) is 9.90 Å². The normalized spacial score (nSPS) is 31.9. The van der Waals surface area contributed by atoms with Crippen LogP contribution in [0.1, 0.15) is 35.8 Å². The number of aromatic nitrogens is 1. The second kappa shape index (κ2) is 3.85. The SMILES string of the molecule is Cc1[nH]ccc1C(=O)N1C[C@@H](C)[C@](O)(C2CC2)C1. The minimum absolute atomic E-state index is 0.0391. The number of rotatable bonds is 2. The molecule has 1 saturated carbocycles. The molecular weight excluding hydrogens is 228 g/mol. The van der Waals surface area contributed by atoms with E-state index in [4.69, 9.17) is 0 Å². The first-order valence-corrected chi connectivity index (χ1v) is 6.68. The van der Waals surface area contributed by atoms with E-state index in [1.54, 1.807) is 11.1 Å². The molecule has 1 aliphatic carbocycles. The van der Waals surface area contributed by atoms with Gasteiger partial charge in [0.2, 0.25) is 0 Å². The number of carbonyl (C=O) groups excluding carboxylic acids is 1. The number of likely N-dealkylation sites (tertiary alicyclic amines) is 1. The van der Waals surface area contributed by atoms with E-state index in [0.29, 0.717) is 19.0 Å². The molecule has 2 aliphatic rings. The first-order chi connectivity index (χ1) is 8.52. The molecular formula is C14H20N2O2. The van der Waals surface area contributed by atoms with Gasteiger partial charge in [0.05, 0.1) is 17.7 Å². The maximum atomic E-state index is 12.4. The highest BCUT2D eigenvalue weighted by molar-refractivity contribution is 5.95. The molecule has 2 fully saturated rings. The molecule has 4 nitrogen and oxygen atoms in total. The third-order valence-corrected chi connectivity index (χ3v) is 4.55. The van der Waals surface area contributed by atoms with Crippen molar-refractivity contribution in [1.82, 2.24) is 9.88 Å². The van der Waals surface area contributed by atoms with Crippen molar-refractivity contribution in [2.75, 3.05) is 13.1 Å². The molecule has 1 aromatic rings. The molecule has 1 aliphatic heterocycles. The molecule has 0 spiro atoms. The van der Waals surface area contributed by atoms with Crippen LogP contribution in [0, 0.1) is 18.8 Å². The van der Waals surface area contributed by atoms with Gasteiger partial charge >= 0.3 is 0 Å². The molecule has 4 heteroatoms. The molecule has 18 heavy (non-hydrogen) atoms.